The molecule has 4 aromatic rings. The molecule has 1 aliphatic heterocycles. The van der Waals surface area contributed by atoms with Crippen LogP contribution in [-0.4, -0.2) is 12.5 Å². The first-order valence-electron chi connectivity index (χ1n) is 10.9. The molecule has 1 atom stereocenters. The highest BCUT2D eigenvalue weighted by Crippen LogP contribution is 2.44. The van der Waals surface area contributed by atoms with Crippen molar-refractivity contribution < 1.29 is 13.9 Å². The van der Waals surface area contributed by atoms with E-state index in [-0.39, 0.29) is 17.6 Å². The number of anilines is 1. The first kappa shape index (κ1) is 20.3. The molecule has 0 N–H and O–H groups in total. The fraction of sp³-hybridized carbons (Fsp3) is 0.179. The monoisotopic (exact) mass is 425 g/mol. The van der Waals surface area contributed by atoms with Gasteiger partial charge >= 0.3 is 0 Å². The van der Waals surface area contributed by atoms with Gasteiger partial charge in [-0.1, -0.05) is 54.6 Å². The van der Waals surface area contributed by atoms with Gasteiger partial charge in [-0.2, -0.15) is 0 Å². The van der Waals surface area contributed by atoms with E-state index in [4.69, 9.17) is 4.74 Å². The van der Waals surface area contributed by atoms with Gasteiger partial charge in [0.05, 0.1) is 0 Å². The molecular formula is C28H24FNO2. The van der Waals surface area contributed by atoms with E-state index < -0.39 is 0 Å². The van der Waals surface area contributed by atoms with Gasteiger partial charge in [-0.25, -0.2) is 4.39 Å². The first-order valence-corrected chi connectivity index (χ1v) is 10.9. The van der Waals surface area contributed by atoms with Crippen LogP contribution in [0.1, 0.15) is 36.0 Å². The predicted molar refractivity (Wildman–Crippen MR) is 126 cm³/mol. The normalized spacial score (nSPS) is 15.6. The molecule has 32 heavy (non-hydrogen) atoms. The molecule has 3 nitrogen and oxygen atoms in total. The largest absolute Gasteiger partial charge is 0.489 e. The molecule has 4 aromatic carbocycles. The number of hydrogen-bond donors (Lipinski definition) is 0. The third-order valence-electron chi connectivity index (χ3n) is 6.18. The van der Waals surface area contributed by atoms with Gasteiger partial charge in [-0.15, -0.1) is 0 Å². The van der Waals surface area contributed by atoms with Crippen LogP contribution in [-0.2, 0) is 11.4 Å². The summed E-state index contributed by atoms with van der Waals surface area (Å²) in [5, 5.41) is 2.37. The minimum atomic E-state index is -0.255. The Balaban J connectivity index is 1.46. The van der Waals surface area contributed by atoms with Gasteiger partial charge in [0, 0.05) is 24.6 Å². The van der Waals surface area contributed by atoms with E-state index in [0.717, 1.165) is 22.6 Å². The fourth-order valence-electron chi connectivity index (χ4n) is 4.58. The summed E-state index contributed by atoms with van der Waals surface area (Å²) < 4.78 is 19.0. The molecule has 0 aliphatic carbocycles. The maximum Gasteiger partial charge on any atom is 0.227 e. The maximum absolute atomic E-state index is 13.1. The van der Waals surface area contributed by atoms with Crippen molar-refractivity contribution >= 4 is 22.4 Å². The lowest BCUT2D eigenvalue weighted by molar-refractivity contribution is -0.119. The SMILES string of the molecule is CCN1C(=O)CC(c2ccc(OCc3ccc(F)cc3)cc2)c2c1ccc1ccccc21. The smallest absolute Gasteiger partial charge is 0.227 e. The second kappa shape index (κ2) is 8.46. The van der Waals surface area contributed by atoms with Crippen molar-refractivity contribution in [2.24, 2.45) is 0 Å². The van der Waals surface area contributed by atoms with Crippen LogP contribution in [0.3, 0.4) is 0 Å². The number of ether oxygens (including phenoxy) is 1. The zero-order valence-electron chi connectivity index (χ0n) is 17.9. The molecule has 160 valence electrons. The second-order valence-electron chi connectivity index (χ2n) is 8.10. The Bertz CT molecular complexity index is 1270. The minimum absolute atomic E-state index is 0.00227. The summed E-state index contributed by atoms with van der Waals surface area (Å²) in [6.07, 6.45) is 0.449. The Kier molecular flexibility index (Phi) is 5.36. The summed E-state index contributed by atoms with van der Waals surface area (Å²) in [6.45, 7) is 3.05. The Morgan fingerprint density at radius 1 is 0.938 bits per heavy atom. The molecule has 5 rings (SSSR count). The predicted octanol–water partition coefficient (Wildman–Crippen LogP) is 6.45. The Hall–Kier alpha value is -3.66. The average Bonchev–Trinajstić information content (AvgIpc) is 2.83. The Labute approximate surface area is 187 Å². The molecule has 0 fully saturated rings. The number of rotatable bonds is 5. The van der Waals surface area contributed by atoms with Crippen LogP contribution in [0.4, 0.5) is 10.1 Å². The number of halogens is 1. The molecule has 1 heterocycles. The Morgan fingerprint density at radius 2 is 1.69 bits per heavy atom. The van der Waals surface area contributed by atoms with Gasteiger partial charge < -0.3 is 9.64 Å². The molecule has 0 saturated heterocycles. The van der Waals surface area contributed by atoms with Crippen LogP contribution in [0.25, 0.3) is 10.8 Å². The maximum atomic E-state index is 13.1. The van der Waals surface area contributed by atoms with Gasteiger partial charge in [0.2, 0.25) is 5.91 Å². The van der Waals surface area contributed by atoms with Crippen molar-refractivity contribution in [1.29, 1.82) is 0 Å². The van der Waals surface area contributed by atoms with Crippen LogP contribution >= 0.6 is 0 Å². The van der Waals surface area contributed by atoms with E-state index in [1.807, 2.05) is 42.2 Å². The minimum Gasteiger partial charge on any atom is -0.489 e. The molecule has 0 bridgehead atoms. The van der Waals surface area contributed by atoms with Crippen molar-refractivity contribution in [2.75, 3.05) is 11.4 Å². The lowest BCUT2D eigenvalue weighted by Crippen LogP contribution is -2.36. The fourth-order valence-corrected chi connectivity index (χ4v) is 4.58. The molecule has 1 aliphatic rings. The summed E-state index contributed by atoms with van der Waals surface area (Å²) in [5.41, 5.74) is 4.22. The number of carbonyl (C=O) groups excluding carboxylic acids is 1. The van der Waals surface area contributed by atoms with Gasteiger partial charge in [-0.3, -0.25) is 4.79 Å². The molecule has 0 aromatic heterocycles. The summed E-state index contributed by atoms with van der Waals surface area (Å²) in [5.74, 6) is 0.637. The summed E-state index contributed by atoms with van der Waals surface area (Å²) in [6, 6.07) is 26.8. The van der Waals surface area contributed by atoms with E-state index in [0.29, 0.717) is 19.6 Å². The first-order chi connectivity index (χ1) is 15.6. The highest BCUT2D eigenvalue weighted by molar-refractivity contribution is 6.03. The lowest BCUT2D eigenvalue weighted by atomic mass is 9.81. The summed E-state index contributed by atoms with van der Waals surface area (Å²) in [4.78, 5) is 14.8. The number of nitrogens with zero attached hydrogens (tertiary/aromatic N) is 1. The van der Waals surface area contributed by atoms with Crippen molar-refractivity contribution in [3.63, 3.8) is 0 Å². The van der Waals surface area contributed by atoms with Crippen molar-refractivity contribution in [3.05, 3.63) is 107 Å². The van der Waals surface area contributed by atoms with Crippen LogP contribution in [0, 0.1) is 5.82 Å². The zero-order chi connectivity index (χ0) is 22.1. The van der Waals surface area contributed by atoms with E-state index in [9.17, 15) is 9.18 Å². The zero-order valence-corrected chi connectivity index (χ0v) is 17.9. The van der Waals surface area contributed by atoms with E-state index in [1.54, 1.807) is 12.1 Å². The lowest BCUT2D eigenvalue weighted by Gasteiger charge is -2.34. The van der Waals surface area contributed by atoms with E-state index in [1.165, 1.54) is 28.5 Å². The van der Waals surface area contributed by atoms with Crippen LogP contribution in [0.5, 0.6) is 5.75 Å². The average molecular weight is 426 g/mol. The van der Waals surface area contributed by atoms with Crippen molar-refractivity contribution in [3.8, 4) is 5.75 Å². The number of carbonyl (C=O) groups is 1. The standard InChI is InChI=1S/C28H24FNO2/c1-2-30-26-16-11-20-5-3-4-6-24(20)28(26)25(17-27(30)31)21-9-14-23(15-10-21)32-18-19-7-12-22(29)13-8-19/h3-16,25H,2,17-18H2,1H3. The third-order valence-corrected chi connectivity index (χ3v) is 6.18. The second-order valence-corrected chi connectivity index (χ2v) is 8.10. The number of fused-ring (bicyclic) bond motifs is 3. The molecule has 1 amide bonds. The quantitative estimate of drug-likeness (QED) is 0.368. The van der Waals surface area contributed by atoms with Crippen LogP contribution in [0.15, 0.2) is 84.9 Å². The highest BCUT2D eigenvalue weighted by Gasteiger charge is 2.32. The van der Waals surface area contributed by atoms with Gasteiger partial charge in [0.1, 0.15) is 18.2 Å². The van der Waals surface area contributed by atoms with Crippen LogP contribution in [0.2, 0.25) is 0 Å². The number of amides is 1. The van der Waals surface area contributed by atoms with Crippen molar-refractivity contribution in [1.82, 2.24) is 0 Å². The Morgan fingerprint density at radius 3 is 2.44 bits per heavy atom. The molecule has 1 unspecified atom stereocenters. The number of hydrogen-bond acceptors (Lipinski definition) is 2. The van der Waals surface area contributed by atoms with Gasteiger partial charge in [0.15, 0.2) is 0 Å². The molecular weight excluding hydrogens is 401 g/mol. The molecule has 0 saturated carbocycles. The van der Waals surface area contributed by atoms with Crippen molar-refractivity contribution in [2.45, 2.75) is 25.9 Å². The van der Waals surface area contributed by atoms with E-state index in [2.05, 4.69) is 30.3 Å². The molecule has 0 radical (unpaired) electrons. The summed E-state index contributed by atoms with van der Waals surface area (Å²) in [7, 11) is 0. The summed E-state index contributed by atoms with van der Waals surface area (Å²) >= 11 is 0. The van der Waals surface area contributed by atoms with Crippen LogP contribution < -0.4 is 9.64 Å². The topological polar surface area (TPSA) is 29.5 Å². The third kappa shape index (κ3) is 3.73. The van der Waals surface area contributed by atoms with E-state index >= 15 is 0 Å². The number of benzene rings is 4. The van der Waals surface area contributed by atoms with Gasteiger partial charge in [0.25, 0.3) is 0 Å². The molecule has 0 spiro atoms. The highest BCUT2D eigenvalue weighted by atomic mass is 19.1. The molecule has 4 heteroatoms. The van der Waals surface area contributed by atoms with Gasteiger partial charge in [-0.05, 0) is 64.7 Å².